The van der Waals surface area contributed by atoms with Crippen molar-refractivity contribution in [1.82, 2.24) is 14.7 Å². The van der Waals surface area contributed by atoms with E-state index in [1.54, 1.807) is 12.0 Å². The van der Waals surface area contributed by atoms with Gasteiger partial charge >= 0.3 is 6.03 Å². The standard InChI is InChI=1S/C26H37N3O4S/c1-7-8-17-34(31,32)27-28-18-24(21-9-13-22(14-10-21)26(3,4)5)29(25(28)30)19(2)20-11-15-23(33-6)16-12-20/h9-16,19,24,27H,7-8,17-18H2,1-6H3. The Kier molecular flexibility index (Phi) is 7.93. The van der Waals surface area contributed by atoms with E-state index < -0.39 is 10.0 Å². The molecule has 0 aromatic heterocycles. The van der Waals surface area contributed by atoms with Crippen LogP contribution in [0.1, 0.15) is 76.2 Å². The maximum atomic E-state index is 13.5. The van der Waals surface area contributed by atoms with Gasteiger partial charge in [0, 0.05) is 0 Å². The first-order valence-electron chi connectivity index (χ1n) is 11.8. The molecule has 2 aromatic carbocycles. The summed E-state index contributed by atoms with van der Waals surface area (Å²) in [6.07, 6.45) is 1.30. The highest BCUT2D eigenvalue weighted by atomic mass is 32.2. The second kappa shape index (κ2) is 10.4. The summed E-state index contributed by atoms with van der Waals surface area (Å²) in [5, 5.41) is 1.24. The SMILES string of the molecule is CCCCS(=O)(=O)NN1CC(c2ccc(C(C)(C)C)cc2)N(C(C)c2ccc(OC)cc2)C1=O. The van der Waals surface area contributed by atoms with E-state index in [-0.39, 0.29) is 35.8 Å². The maximum Gasteiger partial charge on any atom is 0.336 e. The molecule has 7 nitrogen and oxygen atoms in total. The summed E-state index contributed by atoms with van der Waals surface area (Å²) in [4.78, 5) is 17.8. The molecule has 2 aromatic rings. The average Bonchev–Trinajstić information content (AvgIpc) is 3.12. The number of nitrogens with one attached hydrogen (secondary N) is 1. The van der Waals surface area contributed by atoms with Gasteiger partial charge in [0.15, 0.2) is 0 Å². The van der Waals surface area contributed by atoms with Gasteiger partial charge < -0.3 is 9.64 Å². The molecule has 1 heterocycles. The molecule has 0 radical (unpaired) electrons. The van der Waals surface area contributed by atoms with Crippen LogP contribution >= 0.6 is 0 Å². The number of urea groups is 1. The van der Waals surface area contributed by atoms with Crippen molar-refractivity contribution in [2.75, 3.05) is 19.4 Å². The van der Waals surface area contributed by atoms with Gasteiger partial charge in [-0.05, 0) is 47.6 Å². The van der Waals surface area contributed by atoms with Crippen LogP contribution in [0.3, 0.4) is 0 Å². The molecule has 3 rings (SSSR count). The molecule has 1 fully saturated rings. The Labute approximate surface area is 204 Å². The zero-order valence-corrected chi connectivity index (χ0v) is 21.9. The molecule has 1 N–H and O–H groups in total. The van der Waals surface area contributed by atoms with Gasteiger partial charge in [0.05, 0.1) is 31.5 Å². The van der Waals surface area contributed by atoms with E-state index in [9.17, 15) is 13.2 Å². The van der Waals surface area contributed by atoms with Crippen molar-refractivity contribution in [3.63, 3.8) is 0 Å². The third-order valence-corrected chi connectivity index (χ3v) is 7.66. The topological polar surface area (TPSA) is 79.0 Å². The van der Waals surface area contributed by atoms with Crippen LogP contribution in [0, 0.1) is 0 Å². The summed E-state index contributed by atoms with van der Waals surface area (Å²) in [5.41, 5.74) is 3.13. The minimum atomic E-state index is -3.60. The predicted molar refractivity (Wildman–Crippen MR) is 135 cm³/mol. The van der Waals surface area contributed by atoms with Gasteiger partial charge in [0.25, 0.3) is 0 Å². The Balaban J connectivity index is 1.94. The lowest BCUT2D eigenvalue weighted by atomic mass is 9.86. The summed E-state index contributed by atoms with van der Waals surface area (Å²) >= 11 is 0. The number of unbranched alkanes of at least 4 members (excludes halogenated alkanes) is 1. The summed E-state index contributed by atoms with van der Waals surface area (Å²) in [5.74, 6) is 0.732. The number of hydrazine groups is 1. The van der Waals surface area contributed by atoms with Crippen LogP contribution in [0.25, 0.3) is 0 Å². The van der Waals surface area contributed by atoms with E-state index in [0.29, 0.717) is 6.42 Å². The van der Waals surface area contributed by atoms with E-state index in [0.717, 1.165) is 23.3 Å². The molecule has 0 aliphatic carbocycles. The van der Waals surface area contributed by atoms with Crippen LogP contribution in [-0.4, -0.2) is 43.8 Å². The Morgan fingerprint density at radius 3 is 2.24 bits per heavy atom. The largest absolute Gasteiger partial charge is 0.497 e. The molecule has 34 heavy (non-hydrogen) atoms. The molecule has 2 atom stereocenters. The Morgan fingerprint density at radius 1 is 1.09 bits per heavy atom. The fourth-order valence-corrected chi connectivity index (χ4v) is 5.43. The number of benzene rings is 2. The zero-order chi connectivity index (χ0) is 25.1. The van der Waals surface area contributed by atoms with E-state index >= 15 is 0 Å². The molecular formula is C26H37N3O4S. The molecule has 0 bridgehead atoms. The number of methoxy groups -OCH3 is 1. The van der Waals surface area contributed by atoms with Gasteiger partial charge in [-0.15, -0.1) is 4.83 Å². The van der Waals surface area contributed by atoms with Crippen molar-refractivity contribution < 1.29 is 17.9 Å². The summed E-state index contributed by atoms with van der Waals surface area (Å²) in [6, 6.07) is 14.9. The highest BCUT2D eigenvalue weighted by Gasteiger charge is 2.42. The molecule has 0 spiro atoms. The van der Waals surface area contributed by atoms with E-state index in [4.69, 9.17) is 4.74 Å². The quantitative estimate of drug-likeness (QED) is 0.529. The number of hydrogen-bond donors (Lipinski definition) is 1. The van der Waals surface area contributed by atoms with Crippen molar-refractivity contribution in [3.8, 4) is 5.75 Å². The first-order valence-corrected chi connectivity index (χ1v) is 13.5. The van der Waals surface area contributed by atoms with Gasteiger partial charge in [-0.3, -0.25) is 0 Å². The van der Waals surface area contributed by atoms with Crippen LogP contribution in [0.2, 0.25) is 0 Å². The van der Waals surface area contributed by atoms with E-state index in [2.05, 4.69) is 37.7 Å². The third-order valence-electron chi connectivity index (χ3n) is 6.34. The molecule has 186 valence electrons. The number of amides is 2. The number of ether oxygens (including phenoxy) is 1. The summed E-state index contributed by atoms with van der Waals surface area (Å²) in [6.45, 7) is 10.6. The van der Waals surface area contributed by atoms with Gasteiger partial charge in [0.1, 0.15) is 5.75 Å². The van der Waals surface area contributed by atoms with Crippen molar-refractivity contribution in [3.05, 3.63) is 65.2 Å². The fourth-order valence-electron chi connectivity index (χ4n) is 4.19. The molecule has 1 aliphatic rings. The Bertz CT molecular complexity index is 1080. The van der Waals surface area contributed by atoms with Gasteiger partial charge in [-0.2, -0.15) is 0 Å². The number of sulfonamides is 1. The predicted octanol–water partition coefficient (Wildman–Crippen LogP) is 5.17. The first kappa shape index (κ1) is 26.0. The van der Waals surface area contributed by atoms with Crippen LogP contribution in [0.5, 0.6) is 5.75 Å². The fraction of sp³-hybridized carbons (Fsp3) is 0.500. The zero-order valence-electron chi connectivity index (χ0n) is 21.0. The summed E-state index contributed by atoms with van der Waals surface area (Å²) < 4.78 is 30.4. The smallest absolute Gasteiger partial charge is 0.336 e. The number of nitrogens with zero attached hydrogens (tertiary/aromatic N) is 2. The molecular weight excluding hydrogens is 450 g/mol. The van der Waals surface area contributed by atoms with E-state index in [1.807, 2.05) is 50.2 Å². The molecule has 2 unspecified atom stereocenters. The highest BCUT2D eigenvalue weighted by molar-refractivity contribution is 7.89. The molecule has 1 saturated heterocycles. The minimum Gasteiger partial charge on any atom is -0.497 e. The summed E-state index contributed by atoms with van der Waals surface area (Å²) in [7, 11) is -1.99. The lowest BCUT2D eigenvalue weighted by Crippen LogP contribution is -2.45. The Morgan fingerprint density at radius 2 is 1.71 bits per heavy atom. The second-order valence-corrected chi connectivity index (χ2v) is 11.7. The van der Waals surface area contributed by atoms with Crippen LogP contribution in [0.15, 0.2) is 48.5 Å². The lowest BCUT2D eigenvalue weighted by molar-refractivity contribution is 0.166. The highest BCUT2D eigenvalue weighted by Crippen LogP contribution is 2.37. The van der Waals surface area contributed by atoms with Crippen LogP contribution in [-0.2, 0) is 15.4 Å². The maximum absolute atomic E-state index is 13.5. The number of carbonyl (C=O) groups is 1. The number of rotatable bonds is 9. The minimum absolute atomic E-state index is 0.00768. The van der Waals surface area contributed by atoms with Crippen molar-refractivity contribution >= 4 is 16.1 Å². The normalized spacial score (nSPS) is 17.8. The monoisotopic (exact) mass is 487 g/mol. The van der Waals surface area contributed by atoms with Crippen LogP contribution < -0.4 is 9.57 Å². The average molecular weight is 488 g/mol. The number of carbonyl (C=O) groups excluding carboxylic acids is 1. The van der Waals surface area contributed by atoms with Crippen molar-refractivity contribution in [1.29, 1.82) is 0 Å². The molecule has 1 aliphatic heterocycles. The van der Waals surface area contributed by atoms with Crippen LogP contribution in [0.4, 0.5) is 4.79 Å². The molecule has 8 heteroatoms. The Hall–Kier alpha value is -2.58. The van der Waals surface area contributed by atoms with Crippen molar-refractivity contribution in [2.24, 2.45) is 0 Å². The van der Waals surface area contributed by atoms with Gasteiger partial charge in [0.2, 0.25) is 10.0 Å². The second-order valence-electron chi connectivity index (χ2n) is 9.90. The third kappa shape index (κ3) is 5.91. The van der Waals surface area contributed by atoms with Crippen molar-refractivity contribution in [2.45, 2.75) is 65.0 Å². The van der Waals surface area contributed by atoms with Gasteiger partial charge in [-0.1, -0.05) is 70.5 Å². The molecule has 2 amide bonds. The van der Waals surface area contributed by atoms with Gasteiger partial charge in [-0.25, -0.2) is 18.2 Å². The lowest BCUT2D eigenvalue weighted by Gasteiger charge is -2.30. The van der Waals surface area contributed by atoms with E-state index in [1.165, 1.54) is 10.6 Å². The molecule has 0 saturated carbocycles. The first-order chi connectivity index (χ1) is 16.0. The number of hydrogen-bond acceptors (Lipinski definition) is 4.